The van der Waals surface area contributed by atoms with Gasteiger partial charge < -0.3 is 41.5 Å². The fourth-order valence-corrected chi connectivity index (χ4v) is 5.84. The second-order valence-electron chi connectivity index (χ2n) is 15.2. The van der Waals surface area contributed by atoms with Crippen LogP contribution < -0.4 is 26.6 Å². The van der Waals surface area contributed by atoms with Crippen LogP contribution in [0.15, 0.2) is 30.3 Å². The van der Waals surface area contributed by atoms with Crippen molar-refractivity contribution in [3.05, 3.63) is 35.9 Å². The molecule has 0 radical (unpaired) electrons. The number of hydrogen-bond donors (Lipinski definition) is 7. The number of ether oxygens (including phenoxy) is 1. The van der Waals surface area contributed by atoms with Crippen LogP contribution in [0.2, 0.25) is 0 Å². The van der Waals surface area contributed by atoms with Gasteiger partial charge in [-0.1, -0.05) is 85.2 Å². The first-order chi connectivity index (χ1) is 24.9. The Morgan fingerprint density at radius 3 is 1.64 bits per heavy atom. The number of carbonyl (C=O) groups is 6. The maximum Gasteiger partial charge on any atom is 0.308 e. The van der Waals surface area contributed by atoms with Crippen LogP contribution in [0.1, 0.15) is 106 Å². The molecular weight excluding hydrogens is 682 g/mol. The van der Waals surface area contributed by atoms with Crippen LogP contribution in [0.4, 0.5) is 0 Å². The molecule has 0 unspecified atom stereocenters. The first-order valence-corrected chi connectivity index (χ1v) is 18.8. The van der Waals surface area contributed by atoms with Crippen molar-refractivity contribution in [2.24, 2.45) is 17.8 Å². The minimum absolute atomic E-state index is 0.0164. The Bertz CT molecular complexity index is 1310. The van der Waals surface area contributed by atoms with Gasteiger partial charge in [-0.3, -0.25) is 28.8 Å². The highest BCUT2D eigenvalue weighted by Gasteiger charge is 2.32. The monoisotopic (exact) mass is 747 g/mol. The van der Waals surface area contributed by atoms with Crippen molar-refractivity contribution in [3.8, 4) is 0 Å². The number of aliphatic hydroxyl groups excluding tert-OH is 2. The summed E-state index contributed by atoms with van der Waals surface area (Å²) < 4.78 is 4.63. The number of aliphatic hydroxyl groups is 2. The van der Waals surface area contributed by atoms with Gasteiger partial charge in [-0.25, -0.2) is 0 Å². The van der Waals surface area contributed by atoms with Gasteiger partial charge >= 0.3 is 5.97 Å². The van der Waals surface area contributed by atoms with Crippen LogP contribution in [0, 0.1) is 17.8 Å². The number of carbonyl (C=O) groups excluding carboxylic acids is 6. The Labute approximate surface area is 315 Å². The maximum atomic E-state index is 13.7. The molecule has 7 N–H and O–H groups in total. The zero-order valence-electron chi connectivity index (χ0n) is 33.1. The molecule has 1 aromatic rings. The molecule has 0 aliphatic rings. The van der Waals surface area contributed by atoms with Crippen molar-refractivity contribution < 1.29 is 43.7 Å². The van der Waals surface area contributed by atoms with Gasteiger partial charge in [-0.15, -0.1) is 0 Å². The summed E-state index contributed by atoms with van der Waals surface area (Å²) in [5.41, 5.74) is 0.839. The van der Waals surface area contributed by atoms with E-state index in [0.29, 0.717) is 25.7 Å². The molecule has 7 atom stereocenters. The number of benzene rings is 1. The largest absolute Gasteiger partial charge is 0.469 e. The van der Waals surface area contributed by atoms with Gasteiger partial charge in [0.15, 0.2) is 0 Å². The van der Waals surface area contributed by atoms with Gasteiger partial charge in [0.2, 0.25) is 29.5 Å². The first-order valence-electron chi connectivity index (χ1n) is 18.8. The van der Waals surface area contributed by atoms with E-state index in [1.165, 1.54) is 14.0 Å². The summed E-state index contributed by atoms with van der Waals surface area (Å²) in [5, 5.41) is 35.5. The van der Waals surface area contributed by atoms with E-state index in [1.807, 2.05) is 78.8 Å². The summed E-state index contributed by atoms with van der Waals surface area (Å²) in [5.74, 6) is -2.99. The van der Waals surface area contributed by atoms with E-state index in [0.717, 1.165) is 5.56 Å². The van der Waals surface area contributed by atoms with Crippen LogP contribution in [-0.2, 0) is 39.9 Å². The summed E-state index contributed by atoms with van der Waals surface area (Å²) in [7, 11) is 1.20. The van der Waals surface area contributed by atoms with Gasteiger partial charge in [0.25, 0.3) is 0 Å². The van der Waals surface area contributed by atoms with E-state index < -0.39 is 78.4 Å². The molecule has 0 aromatic heterocycles. The van der Waals surface area contributed by atoms with Crippen molar-refractivity contribution in [1.29, 1.82) is 0 Å². The second-order valence-corrected chi connectivity index (χ2v) is 15.2. The molecule has 1 rings (SSSR count). The SMILES string of the molecule is CCC[C@H](NC(=O)[C@H](Cc1ccccc1)NC(=O)CC(C)C)C(=O)N[C@@H](CC(C)C)[C@@H](O)CC(=O)N[C@@H](C)C(=O)N[C@@H](CC(C)C)[C@@H](O)CC(=O)OC. The normalized spacial score (nSPS) is 15.4. The third-order valence-electron chi connectivity index (χ3n) is 8.54. The Hall–Kier alpha value is -4.04. The summed E-state index contributed by atoms with van der Waals surface area (Å²) in [4.78, 5) is 77.7. The van der Waals surface area contributed by atoms with Gasteiger partial charge in [-0.05, 0) is 49.5 Å². The smallest absolute Gasteiger partial charge is 0.308 e. The van der Waals surface area contributed by atoms with Gasteiger partial charge in [0.05, 0.1) is 44.2 Å². The molecule has 300 valence electrons. The summed E-state index contributed by atoms with van der Waals surface area (Å²) in [6.45, 7) is 14.7. The van der Waals surface area contributed by atoms with E-state index >= 15 is 0 Å². The molecule has 0 saturated carbocycles. The molecule has 0 heterocycles. The number of rotatable bonds is 24. The molecule has 1 aromatic carbocycles. The number of methoxy groups -OCH3 is 1. The van der Waals surface area contributed by atoms with E-state index in [1.54, 1.807) is 0 Å². The molecule has 14 nitrogen and oxygen atoms in total. The van der Waals surface area contributed by atoms with Crippen LogP contribution in [0.3, 0.4) is 0 Å². The molecule has 0 saturated heterocycles. The lowest BCUT2D eigenvalue weighted by Crippen LogP contribution is -2.57. The second kappa shape index (κ2) is 24.3. The van der Waals surface area contributed by atoms with Gasteiger partial charge in [-0.2, -0.15) is 0 Å². The molecule has 0 aliphatic carbocycles. The van der Waals surface area contributed by atoms with Crippen molar-refractivity contribution in [3.63, 3.8) is 0 Å². The lowest BCUT2D eigenvalue weighted by molar-refractivity contribution is -0.144. The highest BCUT2D eigenvalue weighted by atomic mass is 16.5. The first kappa shape index (κ1) is 47.0. The number of hydrogen-bond acceptors (Lipinski definition) is 9. The van der Waals surface area contributed by atoms with E-state index in [4.69, 9.17) is 0 Å². The van der Waals surface area contributed by atoms with Gasteiger partial charge in [0.1, 0.15) is 18.1 Å². The highest BCUT2D eigenvalue weighted by molar-refractivity contribution is 5.92. The molecule has 14 heteroatoms. The van der Waals surface area contributed by atoms with Crippen molar-refractivity contribution >= 4 is 35.5 Å². The average molecular weight is 748 g/mol. The number of esters is 1. The molecule has 0 bridgehead atoms. The van der Waals surface area contributed by atoms with Crippen LogP contribution >= 0.6 is 0 Å². The maximum absolute atomic E-state index is 13.7. The minimum atomic E-state index is -1.33. The third kappa shape index (κ3) is 19.0. The number of amides is 5. The molecule has 5 amide bonds. The summed E-state index contributed by atoms with van der Waals surface area (Å²) in [6, 6.07) is 4.69. The van der Waals surface area contributed by atoms with Crippen molar-refractivity contribution in [1.82, 2.24) is 26.6 Å². The lowest BCUT2D eigenvalue weighted by Gasteiger charge is -2.29. The van der Waals surface area contributed by atoms with Crippen LogP contribution in [0.5, 0.6) is 0 Å². The van der Waals surface area contributed by atoms with Crippen LogP contribution in [-0.4, -0.2) is 95.2 Å². The lowest BCUT2D eigenvalue weighted by atomic mass is 9.96. The summed E-state index contributed by atoms with van der Waals surface area (Å²) in [6.07, 6.45) is -1.26. The molecule has 0 spiro atoms. The van der Waals surface area contributed by atoms with Crippen molar-refractivity contribution in [2.75, 3.05) is 7.11 Å². The molecule has 0 aliphatic heterocycles. The van der Waals surface area contributed by atoms with Crippen LogP contribution in [0.25, 0.3) is 0 Å². The quantitative estimate of drug-likeness (QED) is 0.0773. The van der Waals surface area contributed by atoms with Crippen molar-refractivity contribution in [2.45, 2.75) is 149 Å². The predicted octanol–water partition coefficient (Wildman–Crippen LogP) is 2.29. The molecular formula is C39H65N5O9. The van der Waals surface area contributed by atoms with E-state index in [2.05, 4.69) is 31.3 Å². The molecule has 0 fully saturated rings. The Balaban J connectivity index is 3.02. The predicted molar refractivity (Wildman–Crippen MR) is 202 cm³/mol. The topological polar surface area (TPSA) is 212 Å². The zero-order chi connectivity index (χ0) is 40.2. The minimum Gasteiger partial charge on any atom is -0.469 e. The van der Waals surface area contributed by atoms with E-state index in [-0.39, 0.29) is 42.9 Å². The Kier molecular flexibility index (Phi) is 21.5. The fourth-order valence-electron chi connectivity index (χ4n) is 5.84. The third-order valence-corrected chi connectivity index (χ3v) is 8.54. The highest BCUT2D eigenvalue weighted by Crippen LogP contribution is 2.15. The standard InChI is InChI=1S/C39H65N5O9/c1-10-14-28(42-39(52)31(41-34(47)19-25(6)7)20-27-15-12-11-13-16-27)38(51)44-29(17-23(2)3)32(45)21-35(48)40-26(8)37(50)43-30(18-24(4)5)33(46)22-36(49)53-9/h11-13,15-16,23-26,28-33,45-46H,10,14,17-22H2,1-9H3,(H,40,48)(H,41,47)(H,42,52)(H,43,50)(H,44,51)/t26-,28-,29-,30-,31-,32-,33-/m0/s1. The van der Waals surface area contributed by atoms with E-state index in [9.17, 15) is 39.0 Å². The summed E-state index contributed by atoms with van der Waals surface area (Å²) >= 11 is 0. The number of nitrogens with one attached hydrogen (secondary N) is 5. The average Bonchev–Trinajstić information content (AvgIpc) is 3.06. The van der Waals surface area contributed by atoms with Gasteiger partial charge in [0, 0.05) is 12.8 Å². The fraction of sp³-hybridized carbons (Fsp3) is 0.692. The zero-order valence-corrected chi connectivity index (χ0v) is 33.1. The Morgan fingerprint density at radius 1 is 0.623 bits per heavy atom. The Morgan fingerprint density at radius 2 is 1.13 bits per heavy atom. The molecule has 53 heavy (non-hydrogen) atoms.